The Morgan fingerprint density at radius 1 is 1.16 bits per heavy atom. The number of aromatic hydroxyl groups is 1. The van der Waals surface area contributed by atoms with Crippen molar-refractivity contribution < 1.29 is 15.0 Å². The molecule has 0 bridgehead atoms. The number of hydrogen-bond donors (Lipinski definition) is 3. The number of carbonyl (C=O) groups is 1. The zero-order valence-corrected chi connectivity index (χ0v) is 10.6. The Kier molecular flexibility index (Phi) is 3.92. The first kappa shape index (κ1) is 13.2. The molecule has 0 heterocycles. The van der Waals surface area contributed by atoms with Crippen molar-refractivity contribution in [2.75, 3.05) is 5.32 Å². The van der Waals surface area contributed by atoms with Crippen molar-refractivity contribution in [3.63, 3.8) is 0 Å². The number of aliphatic carboxylic acids is 1. The van der Waals surface area contributed by atoms with Crippen molar-refractivity contribution in [2.24, 2.45) is 0 Å². The van der Waals surface area contributed by atoms with Crippen LogP contribution in [0.4, 0.5) is 5.69 Å². The van der Waals surface area contributed by atoms with Gasteiger partial charge in [0.2, 0.25) is 0 Å². The molecule has 3 N–H and O–H groups in total. The lowest BCUT2D eigenvalue weighted by Gasteiger charge is -2.16. The molecule has 0 aliphatic rings. The van der Waals surface area contributed by atoms with E-state index in [0.717, 1.165) is 0 Å². The van der Waals surface area contributed by atoms with Gasteiger partial charge in [-0.2, -0.15) is 0 Å². The second kappa shape index (κ2) is 5.63. The Labute approximate surface area is 115 Å². The first-order chi connectivity index (χ1) is 9.06. The van der Waals surface area contributed by atoms with Crippen LogP contribution in [0.15, 0.2) is 48.5 Å². The second-order valence-electron chi connectivity index (χ2n) is 4.02. The fraction of sp³-hybridized carbons (Fsp3) is 0.0714. The molecule has 98 valence electrons. The van der Waals surface area contributed by atoms with E-state index in [2.05, 4.69) is 5.32 Å². The maximum atomic E-state index is 11.3. The number of phenols is 1. The number of nitrogens with one attached hydrogen (secondary N) is 1. The van der Waals surface area contributed by atoms with Crippen LogP contribution in [0.5, 0.6) is 5.75 Å². The van der Waals surface area contributed by atoms with Crippen molar-refractivity contribution in [1.29, 1.82) is 0 Å². The summed E-state index contributed by atoms with van der Waals surface area (Å²) in [5.74, 6) is -1.01. The summed E-state index contributed by atoms with van der Waals surface area (Å²) in [6, 6.07) is 12.0. The van der Waals surface area contributed by atoms with Gasteiger partial charge in [0.05, 0.1) is 0 Å². The molecule has 0 aliphatic heterocycles. The molecule has 1 atom stereocenters. The third-order valence-corrected chi connectivity index (χ3v) is 2.82. The summed E-state index contributed by atoms with van der Waals surface area (Å²) in [4.78, 5) is 11.3. The number of benzene rings is 2. The van der Waals surface area contributed by atoms with Crippen LogP contribution in [0.2, 0.25) is 5.02 Å². The lowest BCUT2D eigenvalue weighted by molar-refractivity contribution is -0.138. The average molecular weight is 278 g/mol. The van der Waals surface area contributed by atoms with Gasteiger partial charge in [0.1, 0.15) is 5.75 Å². The van der Waals surface area contributed by atoms with E-state index in [1.54, 1.807) is 36.4 Å². The van der Waals surface area contributed by atoms with Gasteiger partial charge in [-0.3, -0.25) is 0 Å². The topological polar surface area (TPSA) is 69.6 Å². The highest BCUT2D eigenvalue weighted by atomic mass is 35.5. The van der Waals surface area contributed by atoms with E-state index in [1.165, 1.54) is 12.1 Å². The lowest BCUT2D eigenvalue weighted by atomic mass is 10.1. The highest BCUT2D eigenvalue weighted by Gasteiger charge is 2.19. The first-order valence-corrected chi connectivity index (χ1v) is 5.98. The molecule has 0 spiro atoms. The van der Waals surface area contributed by atoms with Crippen LogP contribution in [0.25, 0.3) is 0 Å². The van der Waals surface area contributed by atoms with E-state index in [-0.39, 0.29) is 5.75 Å². The van der Waals surface area contributed by atoms with Crippen LogP contribution in [0, 0.1) is 0 Å². The zero-order chi connectivity index (χ0) is 13.8. The highest BCUT2D eigenvalue weighted by Crippen LogP contribution is 2.24. The minimum Gasteiger partial charge on any atom is -0.508 e. The quantitative estimate of drug-likeness (QED) is 0.802. The second-order valence-corrected chi connectivity index (χ2v) is 4.46. The summed E-state index contributed by atoms with van der Waals surface area (Å²) >= 11 is 5.85. The van der Waals surface area contributed by atoms with Crippen molar-refractivity contribution in [3.8, 4) is 5.75 Å². The Morgan fingerprint density at radius 2 is 1.89 bits per heavy atom. The third kappa shape index (κ3) is 3.39. The molecule has 2 aromatic rings. The van der Waals surface area contributed by atoms with E-state index < -0.39 is 12.0 Å². The van der Waals surface area contributed by atoms with Gasteiger partial charge in [-0.25, -0.2) is 4.79 Å². The van der Waals surface area contributed by atoms with Crippen molar-refractivity contribution in [1.82, 2.24) is 0 Å². The summed E-state index contributed by atoms with van der Waals surface area (Å²) in [5, 5.41) is 22.1. The fourth-order valence-electron chi connectivity index (χ4n) is 1.74. The van der Waals surface area contributed by atoms with Crippen LogP contribution in [-0.4, -0.2) is 16.2 Å². The fourth-order valence-corrected chi connectivity index (χ4v) is 1.93. The van der Waals surface area contributed by atoms with E-state index in [4.69, 9.17) is 11.6 Å². The smallest absolute Gasteiger partial charge is 0.330 e. The molecule has 0 radical (unpaired) electrons. The molecule has 19 heavy (non-hydrogen) atoms. The molecule has 0 saturated carbocycles. The maximum absolute atomic E-state index is 11.3. The van der Waals surface area contributed by atoms with Crippen molar-refractivity contribution in [2.45, 2.75) is 6.04 Å². The molecule has 5 heteroatoms. The number of carboxylic acid groups (broad SMARTS) is 1. The van der Waals surface area contributed by atoms with Gasteiger partial charge in [0.25, 0.3) is 0 Å². The number of halogens is 1. The SMILES string of the molecule is O=C(O)C(Nc1cccc(Cl)c1)c1cccc(O)c1. The minimum atomic E-state index is -1.04. The van der Waals surface area contributed by atoms with Gasteiger partial charge in [-0.15, -0.1) is 0 Å². The first-order valence-electron chi connectivity index (χ1n) is 5.60. The Balaban J connectivity index is 2.29. The van der Waals surface area contributed by atoms with Gasteiger partial charge in [0, 0.05) is 10.7 Å². The molecule has 1 unspecified atom stereocenters. The van der Waals surface area contributed by atoms with Crippen LogP contribution in [-0.2, 0) is 4.79 Å². The van der Waals surface area contributed by atoms with Crippen LogP contribution in [0.3, 0.4) is 0 Å². The van der Waals surface area contributed by atoms with Gasteiger partial charge in [-0.05, 0) is 35.9 Å². The molecular weight excluding hydrogens is 266 g/mol. The number of phenolic OH excluding ortho intramolecular Hbond substituents is 1. The van der Waals surface area contributed by atoms with Gasteiger partial charge >= 0.3 is 5.97 Å². The largest absolute Gasteiger partial charge is 0.508 e. The number of rotatable bonds is 4. The predicted octanol–water partition coefficient (Wildman–Crippen LogP) is 3.28. The summed E-state index contributed by atoms with van der Waals surface area (Å²) in [6.07, 6.45) is 0. The summed E-state index contributed by atoms with van der Waals surface area (Å²) in [5.41, 5.74) is 1.07. The standard InChI is InChI=1S/C14H12ClNO3/c15-10-4-2-5-11(8-10)16-13(14(18)19)9-3-1-6-12(17)7-9/h1-8,13,16-17H,(H,18,19). The van der Waals surface area contributed by atoms with Gasteiger partial charge in [-0.1, -0.05) is 29.8 Å². The molecule has 0 aromatic heterocycles. The normalized spacial score (nSPS) is 11.8. The summed E-state index contributed by atoms with van der Waals surface area (Å²) in [6.45, 7) is 0. The monoisotopic (exact) mass is 277 g/mol. The molecule has 0 aliphatic carbocycles. The van der Waals surface area contributed by atoms with Gasteiger partial charge in [0.15, 0.2) is 6.04 Å². The third-order valence-electron chi connectivity index (χ3n) is 2.59. The molecule has 2 rings (SSSR count). The summed E-state index contributed by atoms with van der Waals surface area (Å²) < 4.78 is 0. The predicted molar refractivity (Wildman–Crippen MR) is 73.6 cm³/mol. The molecule has 0 saturated heterocycles. The Hall–Kier alpha value is -2.20. The molecule has 2 aromatic carbocycles. The van der Waals surface area contributed by atoms with E-state index >= 15 is 0 Å². The Bertz CT molecular complexity index is 601. The molecule has 0 fully saturated rings. The van der Waals surface area contributed by atoms with E-state index in [0.29, 0.717) is 16.3 Å². The van der Waals surface area contributed by atoms with Gasteiger partial charge < -0.3 is 15.5 Å². The average Bonchev–Trinajstić information content (AvgIpc) is 2.35. The minimum absolute atomic E-state index is 0.0247. The lowest BCUT2D eigenvalue weighted by Crippen LogP contribution is -2.20. The highest BCUT2D eigenvalue weighted by molar-refractivity contribution is 6.30. The van der Waals surface area contributed by atoms with E-state index in [9.17, 15) is 15.0 Å². The van der Waals surface area contributed by atoms with Crippen LogP contribution < -0.4 is 5.32 Å². The van der Waals surface area contributed by atoms with Crippen LogP contribution in [0.1, 0.15) is 11.6 Å². The molecule has 4 nitrogen and oxygen atoms in total. The van der Waals surface area contributed by atoms with E-state index in [1.807, 2.05) is 0 Å². The van der Waals surface area contributed by atoms with Crippen molar-refractivity contribution >= 4 is 23.3 Å². The zero-order valence-electron chi connectivity index (χ0n) is 9.88. The number of hydrogen-bond acceptors (Lipinski definition) is 3. The molecular formula is C14H12ClNO3. The summed E-state index contributed by atoms with van der Waals surface area (Å²) in [7, 11) is 0. The maximum Gasteiger partial charge on any atom is 0.330 e. The Morgan fingerprint density at radius 3 is 2.53 bits per heavy atom. The number of carboxylic acids is 1. The van der Waals surface area contributed by atoms with Crippen molar-refractivity contribution in [3.05, 3.63) is 59.1 Å². The van der Waals surface area contributed by atoms with Crippen LogP contribution >= 0.6 is 11.6 Å². The molecule has 0 amide bonds. The number of anilines is 1.